The van der Waals surface area contributed by atoms with Crippen molar-refractivity contribution in [2.24, 2.45) is 0 Å². The molecule has 2 heterocycles. The van der Waals surface area contributed by atoms with Gasteiger partial charge in [-0.3, -0.25) is 14.5 Å². The van der Waals surface area contributed by atoms with Crippen LogP contribution in [-0.2, 0) is 4.79 Å². The van der Waals surface area contributed by atoms with Crippen LogP contribution in [0.3, 0.4) is 0 Å². The SMILES string of the molecule is O=C(O)CN1CCCN(C(=O)c2nc(Cl)ccc2Cl)CC1. The molecule has 1 fully saturated rings. The molecule has 21 heavy (non-hydrogen) atoms. The first-order valence-electron chi connectivity index (χ1n) is 6.53. The smallest absolute Gasteiger partial charge is 0.317 e. The van der Waals surface area contributed by atoms with Gasteiger partial charge in [-0.25, -0.2) is 4.98 Å². The lowest BCUT2D eigenvalue weighted by Gasteiger charge is -2.21. The van der Waals surface area contributed by atoms with E-state index < -0.39 is 5.97 Å². The van der Waals surface area contributed by atoms with Crippen molar-refractivity contribution in [2.45, 2.75) is 6.42 Å². The van der Waals surface area contributed by atoms with Crippen LogP contribution in [0.4, 0.5) is 0 Å². The number of hydrogen-bond acceptors (Lipinski definition) is 4. The molecule has 1 saturated heterocycles. The van der Waals surface area contributed by atoms with Gasteiger partial charge in [0.15, 0.2) is 0 Å². The van der Waals surface area contributed by atoms with E-state index in [1.54, 1.807) is 11.0 Å². The molecule has 6 nitrogen and oxygen atoms in total. The van der Waals surface area contributed by atoms with E-state index in [1.165, 1.54) is 6.07 Å². The third kappa shape index (κ3) is 4.30. The normalized spacial score (nSPS) is 16.6. The minimum absolute atomic E-state index is 0.0157. The highest BCUT2D eigenvalue weighted by Gasteiger charge is 2.23. The number of carboxylic acid groups (broad SMARTS) is 1. The summed E-state index contributed by atoms with van der Waals surface area (Å²) in [5.74, 6) is -1.14. The summed E-state index contributed by atoms with van der Waals surface area (Å²) in [5.41, 5.74) is 0.135. The Hall–Kier alpha value is -1.37. The molecular formula is C13H15Cl2N3O3. The zero-order valence-electron chi connectivity index (χ0n) is 11.3. The summed E-state index contributed by atoms with van der Waals surface area (Å²) >= 11 is 11.8. The van der Waals surface area contributed by atoms with Crippen molar-refractivity contribution in [2.75, 3.05) is 32.7 Å². The molecule has 0 atom stereocenters. The van der Waals surface area contributed by atoms with E-state index in [0.29, 0.717) is 32.6 Å². The molecule has 1 N–H and O–H groups in total. The highest BCUT2D eigenvalue weighted by atomic mass is 35.5. The molecule has 0 saturated carbocycles. The molecule has 1 aromatic rings. The first-order chi connectivity index (χ1) is 9.97. The van der Waals surface area contributed by atoms with Crippen LogP contribution in [0.5, 0.6) is 0 Å². The van der Waals surface area contributed by atoms with E-state index in [9.17, 15) is 9.59 Å². The van der Waals surface area contributed by atoms with Gasteiger partial charge in [0.05, 0.1) is 11.6 Å². The number of aromatic nitrogens is 1. The summed E-state index contributed by atoms with van der Waals surface area (Å²) in [6.45, 7) is 2.12. The zero-order valence-corrected chi connectivity index (χ0v) is 12.8. The Bertz CT molecular complexity index is 553. The Morgan fingerprint density at radius 1 is 1.19 bits per heavy atom. The maximum absolute atomic E-state index is 12.4. The number of carboxylic acids is 1. The molecule has 0 bridgehead atoms. The number of carbonyl (C=O) groups excluding carboxylic acids is 1. The van der Waals surface area contributed by atoms with Gasteiger partial charge >= 0.3 is 5.97 Å². The molecule has 8 heteroatoms. The lowest BCUT2D eigenvalue weighted by atomic mass is 10.3. The summed E-state index contributed by atoms with van der Waals surface area (Å²) in [4.78, 5) is 30.6. The predicted molar refractivity (Wildman–Crippen MR) is 78.9 cm³/mol. The molecule has 0 aliphatic carbocycles. The molecule has 0 spiro atoms. The maximum Gasteiger partial charge on any atom is 0.317 e. The standard InChI is InChI=1S/C13H15Cl2N3O3/c14-9-2-3-10(15)16-12(9)13(21)18-5-1-4-17(6-7-18)8-11(19)20/h2-3H,1,4-8H2,(H,19,20). The van der Waals surface area contributed by atoms with Crippen molar-refractivity contribution in [3.63, 3.8) is 0 Å². The van der Waals surface area contributed by atoms with Gasteiger partial charge in [-0.2, -0.15) is 0 Å². The molecule has 2 rings (SSSR count). The van der Waals surface area contributed by atoms with Crippen molar-refractivity contribution in [3.8, 4) is 0 Å². The molecule has 1 aromatic heterocycles. The molecule has 1 aliphatic rings. The van der Waals surface area contributed by atoms with Gasteiger partial charge < -0.3 is 10.0 Å². The molecule has 0 aromatic carbocycles. The van der Waals surface area contributed by atoms with E-state index in [0.717, 1.165) is 0 Å². The van der Waals surface area contributed by atoms with Gasteiger partial charge in [0.25, 0.3) is 5.91 Å². The Labute approximate surface area is 132 Å². The second kappa shape index (κ2) is 7.06. The molecule has 114 valence electrons. The summed E-state index contributed by atoms with van der Waals surface area (Å²) in [6.07, 6.45) is 0.706. The fourth-order valence-corrected chi connectivity index (χ4v) is 2.58. The number of halogens is 2. The van der Waals surface area contributed by atoms with Gasteiger partial charge in [0, 0.05) is 26.2 Å². The minimum atomic E-state index is -0.866. The molecular weight excluding hydrogens is 317 g/mol. The van der Waals surface area contributed by atoms with Crippen LogP contribution < -0.4 is 0 Å². The van der Waals surface area contributed by atoms with Crippen molar-refractivity contribution in [1.82, 2.24) is 14.8 Å². The summed E-state index contributed by atoms with van der Waals surface area (Å²) in [6, 6.07) is 3.07. The lowest BCUT2D eigenvalue weighted by molar-refractivity contribution is -0.138. The molecule has 1 amide bonds. The number of nitrogens with zero attached hydrogens (tertiary/aromatic N) is 3. The fraction of sp³-hybridized carbons (Fsp3) is 0.462. The van der Waals surface area contributed by atoms with Crippen molar-refractivity contribution < 1.29 is 14.7 Å². The van der Waals surface area contributed by atoms with E-state index in [2.05, 4.69) is 4.98 Å². The van der Waals surface area contributed by atoms with Crippen LogP contribution in [0.15, 0.2) is 12.1 Å². The summed E-state index contributed by atoms with van der Waals surface area (Å²) < 4.78 is 0. The van der Waals surface area contributed by atoms with Gasteiger partial charge in [-0.05, 0) is 18.6 Å². The lowest BCUT2D eigenvalue weighted by Crippen LogP contribution is -2.37. The Kier molecular flexibility index (Phi) is 5.39. The van der Waals surface area contributed by atoms with E-state index in [1.807, 2.05) is 4.90 Å². The number of hydrogen-bond donors (Lipinski definition) is 1. The average Bonchev–Trinajstić information content (AvgIpc) is 2.66. The fourth-order valence-electron chi connectivity index (χ4n) is 2.24. The number of aliphatic carboxylic acids is 1. The van der Waals surface area contributed by atoms with Gasteiger partial charge in [0.2, 0.25) is 0 Å². The van der Waals surface area contributed by atoms with Gasteiger partial charge in [-0.1, -0.05) is 23.2 Å². The second-order valence-electron chi connectivity index (χ2n) is 4.78. The van der Waals surface area contributed by atoms with Crippen LogP contribution in [0.25, 0.3) is 0 Å². The number of amides is 1. The highest BCUT2D eigenvalue weighted by molar-refractivity contribution is 6.34. The minimum Gasteiger partial charge on any atom is -0.480 e. The third-order valence-electron chi connectivity index (χ3n) is 3.25. The molecule has 0 unspecified atom stereocenters. The van der Waals surface area contributed by atoms with Crippen LogP contribution >= 0.6 is 23.2 Å². The van der Waals surface area contributed by atoms with Crippen LogP contribution in [0, 0.1) is 0 Å². The summed E-state index contributed by atoms with van der Waals surface area (Å²) in [5, 5.41) is 9.29. The van der Waals surface area contributed by atoms with Crippen LogP contribution in [-0.4, -0.2) is 64.5 Å². The third-order valence-corrected chi connectivity index (χ3v) is 3.76. The van der Waals surface area contributed by atoms with Crippen molar-refractivity contribution in [3.05, 3.63) is 28.0 Å². The van der Waals surface area contributed by atoms with E-state index >= 15 is 0 Å². The van der Waals surface area contributed by atoms with Crippen molar-refractivity contribution >= 4 is 35.1 Å². The molecule has 0 radical (unpaired) electrons. The van der Waals surface area contributed by atoms with Gasteiger partial charge in [0.1, 0.15) is 10.8 Å². The first-order valence-corrected chi connectivity index (χ1v) is 7.28. The van der Waals surface area contributed by atoms with Gasteiger partial charge in [-0.15, -0.1) is 0 Å². The van der Waals surface area contributed by atoms with E-state index in [-0.39, 0.29) is 28.3 Å². The topological polar surface area (TPSA) is 73.7 Å². The number of pyridine rings is 1. The van der Waals surface area contributed by atoms with Crippen LogP contribution in [0.2, 0.25) is 10.2 Å². The number of carbonyl (C=O) groups is 2. The average molecular weight is 332 g/mol. The largest absolute Gasteiger partial charge is 0.480 e. The summed E-state index contributed by atoms with van der Waals surface area (Å²) in [7, 11) is 0. The monoisotopic (exact) mass is 331 g/mol. The first kappa shape index (κ1) is 16.0. The zero-order chi connectivity index (χ0) is 15.4. The van der Waals surface area contributed by atoms with Crippen molar-refractivity contribution in [1.29, 1.82) is 0 Å². The Morgan fingerprint density at radius 2 is 1.95 bits per heavy atom. The highest BCUT2D eigenvalue weighted by Crippen LogP contribution is 2.19. The predicted octanol–water partition coefficient (Wildman–Crippen LogP) is 1.62. The quantitative estimate of drug-likeness (QED) is 0.852. The maximum atomic E-state index is 12.4. The van der Waals surface area contributed by atoms with Crippen LogP contribution in [0.1, 0.15) is 16.9 Å². The Morgan fingerprint density at radius 3 is 2.67 bits per heavy atom. The van der Waals surface area contributed by atoms with E-state index in [4.69, 9.17) is 28.3 Å². The molecule has 1 aliphatic heterocycles. The number of rotatable bonds is 3. The Balaban J connectivity index is 2.06. The second-order valence-corrected chi connectivity index (χ2v) is 5.57.